The molecule has 0 bridgehead atoms. The monoisotopic (exact) mass is 342 g/mol. The number of aryl methyl sites for hydroxylation is 1. The molecule has 0 unspecified atom stereocenters. The quantitative estimate of drug-likeness (QED) is 0.842. The van der Waals surface area contributed by atoms with Crippen molar-refractivity contribution in [2.75, 3.05) is 6.61 Å². The summed E-state index contributed by atoms with van der Waals surface area (Å²) < 4.78 is 14.0. The Hall–Kier alpha value is -1.95. The molecule has 0 aromatic carbocycles. The third kappa shape index (κ3) is 3.54. The molecule has 2 fully saturated rings. The minimum atomic E-state index is -0.120. The van der Waals surface area contributed by atoms with Crippen molar-refractivity contribution < 1.29 is 9.15 Å². The van der Waals surface area contributed by atoms with Crippen LogP contribution in [0.1, 0.15) is 75.1 Å². The molecule has 0 N–H and O–H groups in total. The van der Waals surface area contributed by atoms with Crippen LogP contribution in [0.15, 0.2) is 22.4 Å². The van der Waals surface area contributed by atoms with Crippen molar-refractivity contribution in [3.05, 3.63) is 35.6 Å². The molecule has 2 aliphatic rings. The van der Waals surface area contributed by atoms with Gasteiger partial charge in [-0.3, -0.25) is 0 Å². The molecular weight excluding hydrogens is 316 g/mol. The average molecular weight is 342 g/mol. The first-order valence-electron chi connectivity index (χ1n) is 9.32. The van der Waals surface area contributed by atoms with E-state index in [1.165, 1.54) is 18.4 Å². The molecule has 3 heterocycles. The number of rotatable bonds is 3. The molecule has 25 heavy (non-hydrogen) atoms. The van der Waals surface area contributed by atoms with E-state index in [1.807, 2.05) is 17.8 Å². The van der Waals surface area contributed by atoms with Gasteiger partial charge in [-0.25, -0.2) is 4.98 Å². The van der Waals surface area contributed by atoms with Crippen molar-refractivity contribution in [3.8, 4) is 0 Å². The molecule has 0 spiro atoms. The Balaban J connectivity index is 1.54. The van der Waals surface area contributed by atoms with Gasteiger partial charge >= 0.3 is 0 Å². The number of aromatic nitrogens is 4. The number of hydrogen-bond donors (Lipinski definition) is 0. The highest BCUT2D eigenvalue weighted by molar-refractivity contribution is 5.43. The molecule has 2 aromatic heterocycles. The smallest absolute Gasteiger partial charge is 0.240 e. The topological polar surface area (TPSA) is 66.0 Å². The van der Waals surface area contributed by atoms with Gasteiger partial charge in [0, 0.05) is 32.1 Å². The van der Waals surface area contributed by atoms with Crippen LogP contribution >= 0.6 is 0 Å². The third-order valence-electron chi connectivity index (χ3n) is 5.45. The maximum absolute atomic E-state index is 6.01. The fourth-order valence-electron chi connectivity index (χ4n) is 3.85. The Bertz CT molecular complexity index is 738. The molecular formula is C19H26N4O2. The maximum atomic E-state index is 6.01. The first kappa shape index (κ1) is 16.5. The Morgan fingerprint density at radius 2 is 2.04 bits per heavy atom. The average Bonchev–Trinajstić information content (AvgIpc) is 3.26. The van der Waals surface area contributed by atoms with E-state index in [9.17, 15) is 0 Å². The minimum absolute atomic E-state index is 0.0703. The molecule has 134 valence electrons. The lowest BCUT2D eigenvalue weighted by molar-refractivity contribution is -0.0157. The van der Waals surface area contributed by atoms with Crippen molar-refractivity contribution in [2.24, 2.45) is 13.0 Å². The molecule has 6 nitrogen and oxygen atoms in total. The fourth-order valence-corrected chi connectivity index (χ4v) is 3.85. The molecule has 1 aliphatic carbocycles. The second-order valence-corrected chi connectivity index (χ2v) is 7.40. The maximum Gasteiger partial charge on any atom is 0.240 e. The van der Waals surface area contributed by atoms with E-state index in [-0.39, 0.29) is 12.0 Å². The zero-order valence-corrected chi connectivity index (χ0v) is 15.0. The van der Waals surface area contributed by atoms with E-state index in [4.69, 9.17) is 9.15 Å². The molecule has 2 aromatic rings. The number of imidazole rings is 1. The molecule has 4 rings (SSSR count). The van der Waals surface area contributed by atoms with Crippen LogP contribution in [0, 0.1) is 5.92 Å². The summed E-state index contributed by atoms with van der Waals surface area (Å²) in [6, 6.07) is 0. The predicted molar refractivity (Wildman–Crippen MR) is 93.8 cm³/mol. The second-order valence-electron chi connectivity index (χ2n) is 7.40. The van der Waals surface area contributed by atoms with E-state index >= 15 is 0 Å². The van der Waals surface area contributed by atoms with Crippen LogP contribution in [0.5, 0.6) is 0 Å². The van der Waals surface area contributed by atoms with Crippen LogP contribution in [0.25, 0.3) is 6.08 Å². The SMILES string of the molecule is CC1CCC(=Cc2nnc([C@@H]3CCCO[C@H]3c3nccn3C)o2)CC1. The fraction of sp³-hybridized carbons (Fsp3) is 0.632. The normalized spacial score (nSPS) is 27.4. The van der Waals surface area contributed by atoms with Crippen molar-refractivity contribution >= 4 is 6.08 Å². The van der Waals surface area contributed by atoms with Crippen molar-refractivity contribution in [1.29, 1.82) is 0 Å². The highest BCUT2D eigenvalue weighted by Gasteiger charge is 2.35. The highest BCUT2D eigenvalue weighted by atomic mass is 16.5. The molecule has 1 aliphatic heterocycles. The van der Waals surface area contributed by atoms with Gasteiger partial charge in [0.05, 0.1) is 5.92 Å². The first-order chi connectivity index (χ1) is 12.2. The lowest BCUT2D eigenvalue weighted by Gasteiger charge is -2.28. The van der Waals surface area contributed by atoms with E-state index in [0.29, 0.717) is 11.8 Å². The van der Waals surface area contributed by atoms with Crippen LogP contribution in [-0.4, -0.2) is 26.4 Å². The summed E-state index contributed by atoms with van der Waals surface area (Å²) in [6.07, 6.45) is 12.5. The summed E-state index contributed by atoms with van der Waals surface area (Å²) in [5.74, 6) is 3.12. The van der Waals surface area contributed by atoms with Crippen LogP contribution < -0.4 is 0 Å². The number of hydrogen-bond acceptors (Lipinski definition) is 5. The summed E-state index contributed by atoms with van der Waals surface area (Å²) in [4.78, 5) is 4.46. The Labute approximate surface area is 148 Å². The van der Waals surface area contributed by atoms with Gasteiger partial charge in [0.15, 0.2) is 0 Å². The Morgan fingerprint density at radius 1 is 1.20 bits per heavy atom. The standard InChI is InChI=1S/C19H26N4O2/c1-13-5-7-14(8-6-13)12-16-21-22-19(25-16)15-4-3-11-24-17(15)18-20-9-10-23(18)2/h9-10,12-13,15,17H,3-8,11H2,1-2H3/t13?,15-,17-/m1/s1. The molecule has 0 amide bonds. The summed E-state index contributed by atoms with van der Waals surface area (Å²) in [5, 5.41) is 8.60. The van der Waals surface area contributed by atoms with Crippen molar-refractivity contribution in [1.82, 2.24) is 19.7 Å². The number of nitrogens with zero attached hydrogens (tertiary/aromatic N) is 4. The largest absolute Gasteiger partial charge is 0.421 e. The lowest BCUT2D eigenvalue weighted by Crippen LogP contribution is -2.23. The van der Waals surface area contributed by atoms with Gasteiger partial charge in [0.25, 0.3) is 0 Å². The van der Waals surface area contributed by atoms with Crippen LogP contribution in [-0.2, 0) is 11.8 Å². The summed E-state index contributed by atoms with van der Waals surface area (Å²) in [7, 11) is 1.99. The third-order valence-corrected chi connectivity index (χ3v) is 5.45. The van der Waals surface area contributed by atoms with Crippen molar-refractivity contribution in [3.63, 3.8) is 0 Å². The Kier molecular flexibility index (Phi) is 4.70. The van der Waals surface area contributed by atoms with Crippen LogP contribution in [0.4, 0.5) is 0 Å². The first-order valence-corrected chi connectivity index (χ1v) is 9.32. The molecule has 2 atom stereocenters. The van der Waals surface area contributed by atoms with Gasteiger partial charge < -0.3 is 13.7 Å². The predicted octanol–water partition coefficient (Wildman–Crippen LogP) is 4.03. The molecule has 6 heteroatoms. The number of allylic oxidation sites excluding steroid dienone is 1. The van der Waals surface area contributed by atoms with Gasteiger partial charge in [-0.1, -0.05) is 12.5 Å². The Morgan fingerprint density at radius 3 is 2.80 bits per heavy atom. The van der Waals surface area contributed by atoms with Gasteiger partial charge in [0.1, 0.15) is 11.9 Å². The zero-order chi connectivity index (χ0) is 17.2. The van der Waals surface area contributed by atoms with Gasteiger partial charge in [-0.05, 0) is 44.4 Å². The minimum Gasteiger partial charge on any atom is -0.421 e. The number of ether oxygens (including phenoxy) is 1. The van der Waals surface area contributed by atoms with Gasteiger partial charge in [-0.15, -0.1) is 10.2 Å². The van der Waals surface area contributed by atoms with Crippen LogP contribution in [0.2, 0.25) is 0 Å². The van der Waals surface area contributed by atoms with Gasteiger partial charge in [-0.2, -0.15) is 0 Å². The molecule has 0 radical (unpaired) electrons. The van der Waals surface area contributed by atoms with Gasteiger partial charge in [0.2, 0.25) is 11.8 Å². The molecule has 1 saturated heterocycles. The van der Waals surface area contributed by atoms with E-state index in [2.05, 4.69) is 28.2 Å². The summed E-state index contributed by atoms with van der Waals surface area (Å²) in [6.45, 7) is 3.07. The zero-order valence-electron chi connectivity index (χ0n) is 15.0. The highest BCUT2D eigenvalue weighted by Crippen LogP contribution is 2.39. The summed E-state index contributed by atoms with van der Waals surface area (Å²) >= 11 is 0. The van der Waals surface area contributed by atoms with E-state index in [1.54, 1.807) is 6.20 Å². The van der Waals surface area contributed by atoms with E-state index < -0.39 is 0 Å². The lowest BCUT2D eigenvalue weighted by atomic mass is 9.87. The van der Waals surface area contributed by atoms with Crippen LogP contribution in [0.3, 0.4) is 0 Å². The van der Waals surface area contributed by atoms with E-state index in [0.717, 1.165) is 44.0 Å². The second kappa shape index (κ2) is 7.12. The van der Waals surface area contributed by atoms with Crippen molar-refractivity contribution in [2.45, 2.75) is 57.5 Å². The summed E-state index contributed by atoms with van der Waals surface area (Å²) in [5.41, 5.74) is 1.42. The molecule has 1 saturated carbocycles.